The quantitative estimate of drug-likeness (QED) is 0.106. The molecule has 1 fully saturated rings. The Labute approximate surface area is 270 Å². The molecular formula is C26H38BrN5O10S2. The molecule has 44 heavy (non-hydrogen) atoms. The predicted octanol–water partition coefficient (Wildman–Crippen LogP) is 2.04. The fraction of sp³-hybridized carbons (Fsp3) is 0.654. The second-order valence-electron chi connectivity index (χ2n) is 9.32. The van der Waals surface area contributed by atoms with Gasteiger partial charge in [-0.25, -0.2) is 4.98 Å². The third kappa shape index (κ3) is 5.22. The van der Waals surface area contributed by atoms with E-state index in [0.29, 0.717) is 10.2 Å². The van der Waals surface area contributed by atoms with Crippen molar-refractivity contribution in [3.8, 4) is 0 Å². The van der Waals surface area contributed by atoms with E-state index in [2.05, 4.69) is 30.9 Å². The predicted molar refractivity (Wildman–Crippen MR) is 165 cm³/mol. The molecule has 0 bridgehead atoms. The van der Waals surface area contributed by atoms with Crippen molar-refractivity contribution in [3.63, 3.8) is 0 Å². The van der Waals surface area contributed by atoms with Crippen molar-refractivity contribution in [1.29, 1.82) is 0 Å². The molecule has 0 unspecified atom stereocenters. The number of H-pyrrole nitrogens is 1. The van der Waals surface area contributed by atoms with Crippen LogP contribution in [0, 0.1) is 0 Å². The Bertz CT molecular complexity index is 1470. The van der Waals surface area contributed by atoms with Crippen LogP contribution in [0.1, 0.15) is 40.4 Å². The molecule has 0 spiro atoms. The molecule has 6 N–H and O–H groups in total. The summed E-state index contributed by atoms with van der Waals surface area (Å²) in [4.78, 5) is 25.0. The molecule has 0 aromatic carbocycles. The molecule has 1 saturated heterocycles. The first kappa shape index (κ1) is 35.2. The zero-order valence-corrected chi connectivity index (χ0v) is 28.2. The first-order valence-corrected chi connectivity index (χ1v) is 16.9. The summed E-state index contributed by atoms with van der Waals surface area (Å²) in [7, 11) is 0. The molecule has 0 saturated carbocycles. The summed E-state index contributed by atoms with van der Waals surface area (Å²) >= 11 is 5.64. The van der Waals surface area contributed by atoms with Gasteiger partial charge in [0.2, 0.25) is 5.95 Å². The van der Waals surface area contributed by atoms with E-state index in [1.807, 2.05) is 0 Å². The number of aromatic nitrogens is 4. The van der Waals surface area contributed by atoms with Gasteiger partial charge in [0.1, 0.15) is 5.82 Å². The van der Waals surface area contributed by atoms with Crippen molar-refractivity contribution >= 4 is 56.1 Å². The zero-order chi connectivity index (χ0) is 32.4. The number of hydrogen-bond donors (Lipinski definition) is 5. The molecule has 0 amide bonds. The second-order valence-corrected chi connectivity index (χ2v) is 12.1. The van der Waals surface area contributed by atoms with Crippen molar-refractivity contribution in [2.45, 2.75) is 74.3 Å². The Morgan fingerprint density at radius 3 is 2.25 bits per heavy atom. The molecule has 15 nitrogen and oxygen atoms in total. The number of nitrogen functional groups attached to an aromatic ring is 1. The number of nitrogens with one attached hydrogen (secondary N) is 1. The molecular weight excluding hydrogens is 686 g/mol. The number of halogens is 1. The molecule has 246 valence electrons. The maximum absolute atomic E-state index is 13.1. The number of aromatic amines is 1. The molecule has 3 aromatic rings. The van der Waals surface area contributed by atoms with Gasteiger partial charge < -0.3 is 44.7 Å². The minimum atomic E-state index is -3.10. The van der Waals surface area contributed by atoms with Crippen LogP contribution in [0.5, 0.6) is 0 Å². The monoisotopic (exact) mass is 723 g/mol. The van der Waals surface area contributed by atoms with E-state index in [4.69, 9.17) is 34.2 Å². The number of rotatable bonds is 16. The Morgan fingerprint density at radius 2 is 1.70 bits per heavy atom. The highest BCUT2D eigenvalue weighted by molar-refractivity contribution is 9.09. The lowest BCUT2D eigenvalue weighted by Gasteiger charge is -2.48. The number of imidazole rings is 1. The van der Waals surface area contributed by atoms with E-state index in [9.17, 15) is 20.1 Å². The molecule has 4 atom stereocenters. The van der Waals surface area contributed by atoms with Crippen LogP contribution in [0.4, 0.5) is 5.95 Å². The molecule has 1 aliphatic rings. The molecule has 0 radical (unpaired) electrons. The van der Waals surface area contributed by atoms with Gasteiger partial charge in [0.15, 0.2) is 11.2 Å². The summed E-state index contributed by atoms with van der Waals surface area (Å²) < 4.78 is 37.6. The zero-order valence-electron chi connectivity index (χ0n) is 25.0. The first-order chi connectivity index (χ1) is 20.9. The summed E-state index contributed by atoms with van der Waals surface area (Å²) in [6.45, 7) is 6.93. The van der Waals surface area contributed by atoms with Crippen LogP contribution >= 0.6 is 39.0 Å². The number of ether oxygens (including phenoxy) is 6. The van der Waals surface area contributed by atoms with Gasteiger partial charge in [0.25, 0.3) is 22.2 Å². The average molecular weight is 725 g/mol. The SMILES string of the molecule is CCOC(O)(OCC)[C@@]1(OCC)O[C@@](Sc2ccsc2)(n2c(CCBr)nc3c(=O)[nH]c(N)nc32)[C@@](O)(OCC)[C@@]1(O)OCC. The van der Waals surface area contributed by atoms with Crippen LogP contribution in [0.3, 0.4) is 0 Å². The number of alkyl halides is 1. The van der Waals surface area contributed by atoms with Crippen molar-refractivity contribution in [2.24, 2.45) is 0 Å². The Balaban J connectivity index is 2.27. The second kappa shape index (κ2) is 13.6. The smallest absolute Gasteiger partial charge is 0.344 e. The van der Waals surface area contributed by atoms with Gasteiger partial charge in [-0.05, 0) is 46.1 Å². The van der Waals surface area contributed by atoms with Crippen LogP contribution in [-0.2, 0) is 39.9 Å². The highest BCUT2D eigenvalue weighted by atomic mass is 79.9. The summed E-state index contributed by atoms with van der Waals surface area (Å²) in [5.41, 5.74) is 5.08. The number of aliphatic hydroxyl groups is 3. The summed E-state index contributed by atoms with van der Waals surface area (Å²) in [5.74, 6) is -11.9. The Morgan fingerprint density at radius 1 is 1.07 bits per heavy atom. The largest absolute Gasteiger partial charge is 0.369 e. The normalized spacial score (nSPS) is 27.5. The lowest BCUT2D eigenvalue weighted by molar-refractivity contribution is -0.537. The van der Waals surface area contributed by atoms with E-state index in [0.717, 1.165) is 11.8 Å². The van der Waals surface area contributed by atoms with Gasteiger partial charge in [-0.2, -0.15) is 16.3 Å². The van der Waals surface area contributed by atoms with Gasteiger partial charge in [-0.15, -0.1) is 0 Å². The highest BCUT2D eigenvalue weighted by Gasteiger charge is 2.91. The fourth-order valence-electron chi connectivity index (χ4n) is 5.29. The molecule has 4 heterocycles. The van der Waals surface area contributed by atoms with Crippen molar-refractivity contribution in [3.05, 3.63) is 33.0 Å². The number of hydrogen-bond acceptors (Lipinski definition) is 15. The Hall–Kier alpha value is -1.68. The van der Waals surface area contributed by atoms with E-state index in [1.54, 1.807) is 51.4 Å². The summed E-state index contributed by atoms with van der Waals surface area (Å²) in [5, 5.41) is 39.5. The lowest BCUT2D eigenvalue weighted by atomic mass is 9.95. The van der Waals surface area contributed by atoms with Gasteiger partial charge >= 0.3 is 11.8 Å². The standard InChI is InChI=1S/C26H38BrN5O10S2/c1-6-37-22(34)23(35,38-7-2)25(44-16-12-14-43-15-16,42-24(22,39-8-3)26(36,40-9-4)41-10-5)32-17(11-13-27)29-18-19(32)30-21(28)31-20(18)33/h12,14-15,34-36H,6-11,13H2,1-5H3,(H3,28,30,31,33)/t22-,23+,24+,25+/m1/s1. The van der Waals surface area contributed by atoms with Crippen LogP contribution in [-0.4, -0.2) is 96.5 Å². The number of nitrogens with two attached hydrogens (primary N) is 1. The minimum Gasteiger partial charge on any atom is -0.369 e. The van der Waals surface area contributed by atoms with Gasteiger partial charge in [0, 0.05) is 55.1 Å². The first-order valence-electron chi connectivity index (χ1n) is 14.0. The number of anilines is 1. The number of fused-ring (bicyclic) bond motifs is 1. The van der Waals surface area contributed by atoms with Crippen molar-refractivity contribution in [2.75, 3.05) is 44.1 Å². The molecule has 3 aromatic heterocycles. The van der Waals surface area contributed by atoms with Gasteiger partial charge in [-0.1, -0.05) is 27.7 Å². The number of nitrogens with zero attached hydrogens (tertiary/aromatic N) is 3. The number of thiophene rings is 1. The van der Waals surface area contributed by atoms with Gasteiger partial charge in [-0.3, -0.25) is 19.1 Å². The van der Waals surface area contributed by atoms with E-state index in [-0.39, 0.29) is 62.4 Å². The van der Waals surface area contributed by atoms with Crippen LogP contribution in [0.2, 0.25) is 0 Å². The third-order valence-corrected chi connectivity index (χ3v) is 9.27. The van der Waals surface area contributed by atoms with Gasteiger partial charge in [0.05, 0.1) is 0 Å². The molecule has 18 heteroatoms. The van der Waals surface area contributed by atoms with E-state index in [1.165, 1.54) is 15.9 Å². The third-order valence-electron chi connectivity index (χ3n) is 6.74. The molecule has 0 aliphatic carbocycles. The fourth-order valence-corrected chi connectivity index (χ4v) is 7.84. The van der Waals surface area contributed by atoms with E-state index >= 15 is 0 Å². The van der Waals surface area contributed by atoms with Crippen LogP contribution < -0.4 is 11.3 Å². The average Bonchev–Trinajstić information content (AvgIpc) is 3.63. The summed E-state index contributed by atoms with van der Waals surface area (Å²) in [6, 6.07) is 1.74. The highest BCUT2D eigenvalue weighted by Crippen LogP contribution is 2.66. The maximum Gasteiger partial charge on any atom is 0.344 e. The lowest BCUT2D eigenvalue weighted by Crippen LogP contribution is -2.76. The topological polar surface area (TPSA) is 206 Å². The van der Waals surface area contributed by atoms with Crippen molar-refractivity contribution < 1.29 is 43.7 Å². The maximum atomic E-state index is 13.1. The number of aryl methyl sites for hydroxylation is 1. The van der Waals surface area contributed by atoms with Crippen LogP contribution in [0.15, 0.2) is 26.5 Å². The van der Waals surface area contributed by atoms with Crippen molar-refractivity contribution in [1.82, 2.24) is 19.5 Å². The number of thioether (sulfide) groups is 1. The summed E-state index contributed by atoms with van der Waals surface area (Å²) in [6.07, 6.45) is 0.170. The molecule has 4 rings (SSSR count). The Kier molecular flexibility index (Phi) is 10.9. The van der Waals surface area contributed by atoms with E-state index < -0.39 is 34.0 Å². The minimum absolute atomic E-state index is 0.120. The van der Waals surface area contributed by atoms with Crippen LogP contribution in [0.25, 0.3) is 11.2 Å². The molecule has 1 aliphatic heterocycles.